The van der Waals surface area contributed by atoms with Crippen LogP contribution in [0.15, 0.2) is 158 Å². The summed E-state index contributed by atoms with van der Waals surface area (Å²) >= 11 is 50.1. The zero-order valence-electron chi connectivity index (χ0n) is 36.8. The molecule has 0 aliphatic rings. The van der Waals surface area contributed by atoms with Gasteiger partial charge >= 0.3 is 0 Å². The number of rotatable bonds is 21. The van der Waals surface area contributed by atoms with E-state index in [1.165, 1.54) is 0 Å². The second kappa shape index (κ2) is 24.7. The van der Waals surface area contributed by atoms with Gasteiger partial charge in [-0.1, -0.05) is 123 Å². The van der Waals surface area contributed by atoms with Gasteiger partial charge in [-0.05, 0) is 166 Å². The van der Waals surface area contributed by atoms with Gasteiger partial charge in [-0.2, -0.15) is 0 Å². The highest BCUT2D eigenvalue weighted by atomic mass is 35.5. The SMILES string of the molecule is Clc1cc(Cl)cc(OCc2cc(COc3cc(Cl)cc(Cl)c3)cc(OCc3cc(COc4cc(COc5cc(Cl)cc(Cl)c5)cc(COc5cc(Cl)cc(Cl)c5)c4)cc(OCc4ccccc4)c3)c2)c1. The molecule has 0 spiro atoms. The Morgan fingerprint density at radius 2 is 0.386 bits per heavy atom. The maximum Gasteiger partial charge on any atom is 0.122 e. The molecule has 0 unspecified atom stereocenters. The molecule has 0 amide bonds. The van der Waals surface area contributed by atoms with Gasteiger partial charge in [0.1, 0.15) is 86.5 Å². The van der Waals surface area contributed by atoms with Crippen LogP contribution in [0.5, 0.6) is 40.2 Å². The van der Waals surface area contributed by atoms with Gasteiger partial charge in [-0.3, -0.25) is 0 Å². The molecule has 0 saturated heterocycles. The van der Waals surface area contributed by atoms with Crippen LogP contribution in [0.2, 0.25) is 40.2 Å². The largest absolute Gasteiger partial charge is 0.489 e. The molecule has 358 valence electrons. The van der Waals surface area contributed by atoms with Crippen LogP contribution in [-0.2, 0) is 46.2 Å². The second-order valence-electron chi connectivity index (χ2n) is 15.9. The van der Waals surface area contributed by atoms with Gasteiger partial charge in [0.2, 0.25) is 0 Å². The Morgan fingerprint density at radius 1 is 0.200 bits per heavy atom. The predicted octanol–water partition coefficient (Wildman–Crippen LogP) is 18.0. The van der Waals surface area contributed by atoms with Crippen LogP contribution in [0.1, 0.15) is 38.9 Å². The summed E-state index contributed by atoms with van der Waals surface area (Å²) in [7, 11) is 0. The van der Waals surface area contributed by atoms with Gasteiger partial charge in [0.15, 0.2) is 0 Å². The van der Waals surface area contributed by atoms with Crippen LogP contribution in [0.3, 0.4) is 0 Å². The third-order valence-corrected chi connectivity index (χ3v) is 11.8. The van der Waals surface area contributed by atoms with E-state index in [-0.39, 0.29) is 39.6 Å². The van der Waals surface area contributed by atoms with E-state index in [1.54, 1.807) is 72.8 Å². The molecule has 0 aliphatic carbocycles. The van der Waals surface area contributed by atoms with Crippen molar-refractivity contribution >= 4 is 92.8 Å². The number of hydrogen-bond acceptors (Lipinski definition) is 7. The maximum atomic E-state index is 6.52. The topological polar surface area (TPSA) is 64.6 Å². The molecular formula is C55H40Cl8O7. The number of hydrogen-bond donors (Lipinski definition) is 0. The average molecular weight is 1100 g/mol. The van der Waals surface area contributed by atoms with E-state index in [2.05, 4.69) is 0 Å². The minimum Gasteiger partial charge on any atom is -0.489 e. The quantitative estimate of drug-likeness (QED) is 0.0710. The molecule has 15 heteroatoms. The second-order valence-corrected chi connectivity index (χ2v) is 19.4. The zero-order chi connectivity index (χ0) is 49.0. The van der Waals surface area contributed by atoms with Crippen molar-refractivity contribution in [3.63, 3.8) is 0 Å². The van der Waals surface area contributed by atoms with Crippen molar-refractivity contribution in [2.75, 3.05) is 0 Å². The molecule has 0 heterocycles. The third-order valence-electron chi connectivity index (χ3n) is 10.1. The Morgan fingerprint density at radius 3 is 0.600 bits per heavy atom. The van der Waals surface area contributed by atoms with E-state index in [0.29, 0.717) is 87.0 Å². The third kappa shape index (κ3) is 16.1. The van der Waals surface area contributed by atoms with Crippen molar-refractivity contribution in [3.8, 4) is 40.2 Å². The fourth-order valence-electron chi connectivity index (χ4n) is 7.12. The Kier molecular flexibility index (Phi) is 18.0. The van der Waals surface area contributed by atoms with Gasteiger partial charge in [0.25, 0.3) is 0 Å². The lowest BCUT2D eigenvalue weighted by Crippen LogP contribution is -2.05. The lowest BCUT2D eigenvalue weighted by Gasteiger charge is -2.16. The first kappa shape index (κ1) is 51.0. The minimum atomic E-state index is 0.184. The highest BCUT2D eigenvalue weighted by Gasteiger charge is 2.12. The van der Waals surface area contributed by atoms with Crippen LogP contribution in [0, 0.1) is 0 Å². The van der Waals surface area contributed by atoms with E-state index in [1.807, 2.05) is 84.9 Å². The Balaban J connectivity index is 1.04. The summed E-state index contributed by atoms with van der Waals surface area (Å²) in [5.41, 5.74) is 5.95. The number of ether oxygens (including phenoxy) is 7. The van der Waals surface area contributed by atoms with E-state index in [9.17, 15) is 0 Å². The molecule has 0 radical (unpaired) electrons. The first-order valence-corrected chi connectivity index (χ1v) is 24.5. The van der Waals surface area contributed by atoms with Crippen LogP contribution in [0.4, 0.5) is 0 Å². The molecule has 0 N–H and O–H groups in total. The highest BCUT2D eigenvalue weighted by molar-refractivity contribution is 6.36. The highest BCUT2D eigenvalue weighted by Crippen LogP contribution is 2.32. The normalized spacial score (nSPS) is 11.0. The summed E-state index contributed by atoms with van der Waals surface area (Å²) in [5, 5.41) is 3.69. The summed E-state index contributed by atoms with van der Waals surface area (Å²) in [6.07, 6.45) is 0. The van der Waals surface area contributed by atoms with Crippen molar-refractivity contribution in [3.05, 3.63) is 237 Å². The van der Waals surface area contributed by atoms with E-state index in [4.69, 9.17) is 126 Å². The average Bonchev–Trinajstić information content (AvgIpc) is 3.31. The van der Waals surface area contributed by atoms with Crippen molar-refractivity contribution in [1.82, 2.24) is 0 Å². The summed E-state index contributed by atoms with van der Waals surface area (Å²) in [5.74, 6) is 3.88. The molecule has 0 atom stereocenters. The van der Waals surface area contributed by atoms with Crippen molar-refractivity contribution in [2.45, 2.75) is 46.2 Å². The van der Waals surface area contributed by atoms with Crippen molar-refractivity contribution in [2.24, 2.45) is 0 Å². The first-order valence-electron chi connectivity index (χ1n) is 21.5. The summed E-state index contributed by atoms with van der Waals surface area (Å²) in [6, 6.07) is 47.6. The fraction of sp³-hybridized carbons (Fsp3) is 0.127. The van der Waals surface area contributed by atoms with E-state index >= 15 is 0 Å². The molecule has 7 nitrogen and oxygen atoms in total. The predicted molar refractivity (Wildman–Crippen MR) is 282 cm³/mol. The lowest BCUT2D eigenvalue weighted by molar-refractivity contribution is 0.281. The van der Waals surface area contributed by atoms with Crippen molar-refractivity contribution in [1.29, 1.82) is 0 Å². The fourth-order valence-corrected chi connectivity index (χ4v) is 9.15. The molecule has 0 bridgehead atoms. The van der Waals surface area contributed by atoms with Crippen LogP contribution >= 0.6 is 92.8 Å². The van der Waals surface area contributed by atoms with Crippen LogP contribution in [-0.4, -0.2) is 0 Å². The Labute approximate surface area is 446 Å². The number of benzene rings is 8. The van der Waals surface area contributed by atoms with E-state index in [0.717, 1.165) is 38.9 Å². The van der Waals surface area contributed by atoms with Gasteiger partial charge in [0.05, 0.1) is 0 Å². The Hall–Kier alpha value is -5.32. The van der Waals surface area contributed by atoms with Gasteiger partial charge in [-0.25, -0.2) is 0 Å². The van der Waals surface area contributed by atoms with Crippen LogP contribution < -0.4 is 33.2 Å². The maximum absolute atomic E-state index is 6.52. The molecule has 8 aromatic rings. The molecule has 0 aromatic heterocycles. The molecule has 0 saturated carbocycles. The molecule has 0 fully saturated rings. The van der Waals surface area contributed by atoms with Crippen LogP contribution in [0.25, 0.3) is 0 Å². The lowest BCUT2D eigenvalue weighted by atomic mass is 10.1. The smallest absolute Gasteiger partial charge is 0.122 e. The zero-order valence-corrected chi connectivity index (χ0v) is 42.9. The monoisotopic (exact) mass is 1090 g/mol. The van der Waals surface area contributed by atoms with Gasteiger partial charge in [-0.15, -0.1) is 0 Å². The minimum absolute atomic E-state index is 0.184. The van der Waals surface area contributed by atoms with Gasteiger partial charge in [0, 0.05) is 40.2 Å². The summed E-state index contributed by atoms with van der Waals surface area (Å²) in [4.78, 5) is 0. The first-order chi connectivity index (χ1) is 33.8. The molecule has 8 aromatic carbocycles. The summed E-state index contributed by atoms with van der Waals surface area (Å²) in [6.45, 7) is 1.50. The van der Waals surface area contributed by atoms with Crippen molar-refractivity contribution < 1.29 is 33.2 Å². The standard InChI is InChI=1S/C55H40Cl8O7/c56-41-15-42(57)20-52(19-41)67-30-37-7-38(31-68-53-21-43(58)16-44(59)22-53)12-50(11-37)65-28-35-6-36(10-49(9-35)64-27-34-4-2-1-3-5-34)29-66-51-13-39(32-69-54-23-45(60)17-46(61)24-54)8-40(14-51)33-70-55-25-47(62)18-48(63)26-55/h1-26H,27-33H2. The number of halogens is 8. The molecular weight excluding hydrogens is 1060 g/mol. The molecule has 8 rings (SSSR count). The molecule has 0 aliphatic heterocycles. The Bertz CT molecular complexity index is 2670. The van der Waals surface area contributed by atoms with E-state index < -0.39 is 0 Å². The summed E-state index contributed by atoms with van der Waals surface area (Å²) < 4.78 is 43.9. The van der Waals surface area contributed by atoms with Gasteiger partial charge < -0.3 is 33.2 Å². The molecule has 70 heavy (non-hydrogen) atoms.